The molecule has 1 N–H and O–H groups in total. The van der Waals surface area contributed by atoms with Gasteiger partial charge in [-0.3, -0.25) is 0 Å². The van der Waals surface area contributed by atoms with E-state index in [1.807, 2.05) is 54.6 Å². The maximum Gasteiger partial charge on any atom is 0.132 e. The predicted octanol–water partition coefficient (Wildman–Crippen LogP) is 4.28. The molecule has 0 bridgehead atoms. The van der Waals surface area contributed by atoms with Gasteiger partial charge in [-0.15, -0.1) is 6.58 Å². The summed E-state index contributed by atoms with van der Waals surface area (Å²) in [4.78, 5) is 0. The Kier molecular flexibility index (Phi) is 6.20. The Bertz CT molecular complexity index is 710. The average Bonchev–Trinajstić information content (AvgIpc) is 2.62. The Morgan fingerprint density at radius 3 is 2.21 bits per heavy atom. The van der Waals surface area contributed by atoms with Crippen LogP contribution in [0.4, 0.5) is 0 Å². The van der Waals surface area contributed by atoms with Gasteiger partial charge in [0.15, 0.2) is 0 Å². The Morgan fingerprint density at radius 2 is 1.62 bits per heavy atom. The Morgan fingerprint density at radius 1 is 1.04 bits per heavy atom. The summed E-state index contributed by atoms with van der Waals surface area (Å²) < 4.78 is 0. The van der Waals surface area contributed by atoms with Gasteiger partial charge in [0.05, 0.1) is 0 Å². The molecule has 124 valence electrons. The minimum Gasteiger partial charge on any atom is -0.381 e. The maximum absolute atomic E-state index is 11.5. The Hall–Kier alpha value is -2.08. The molecular formula is C22H26OSi. The summed E-state index contributed by atoms with van der Waals surface area (Å²) in [5.41, 5.74) is 0.942. The van der Waals surface area contributed by atoms with Crippen molar-refractivity contribution in [1.29, 1.82) is 0 Å². The third kappa shape index (κ3) is 4.26. The second-order valence-corrected chi connectivity index (χ2v) is 11.3. The molecule has 0 unspecified atom stereocenters. The highest BCUT2D eigenvalue weighted by Gasteiger charge is 2.45. The van der Waals surface area contributed by atoms with Crippen LogP contribution in [0.3, 0.4) is 0 Å². The third-order valence-electron chi connectivity index (χ3n) is 4.66. The van der Waals surface area contributed by atoms with Crippen molar-refractivity contribution in [3.05, 3.63) is 78.9 Å². The smallest absolute Gasteiger partial charge is 0.132 e. The van der Waals surface area contributed by atoms with E-state index in [4.69, 9.17) is 0 Å². The zero-order valence-corrected chi connectivity index (χ0v) is 15.6. The van der Waals surface area contributed by atoms with Gasteiger partial charge in [0.2, 0.25) is 0 Å². The summed E-state index contributed by atoms with van der Waals surface area (Å²) in [5, 5.41) is 11.8. The van der Waals surface area contributed by atoms with E-state index < -0.39 is 13.3 Å². The van der Waals surface area contributed by atoms with E-state index in [0.29, 0.717) is 6.42 Å². The SMILES string of the molecule is C=CCCC[C@@](O)(C#Cc1ccccc1)[Si](C)(C)c1ccccc1. The molecule has 24 heavy (non-hydrogen) atoms. The fraction of sp³-hybridized carbons (Fsp3) is 0.273. The molecule has 0 aliphatic rings. The quantitative estimate of drug-likeness (QED) is 0.362. The summed E-state index contributed by atoms with van der Waals surface area (Å²) in [6.07, 6.45) is 4.37. The normalized spacial score (nSPS) is 13.5. The molecule has 0 radical (unpaired) electrons. The van der Waals surface area contributed by atoms with E-state index in [1.54, 1.807) is 0 Å². The van der Waals surface area contributed by atoms with Crippen LogP contribution < -0.4 is 5.19 Å². The molecule has 0 spiro atoms. The second-order valence-electron chi connectivity index (χ2n) is 6.65. The first-order valence-electron chi connectivity index (χ1n) is 8.47. The summed E-state index contributed by atoms with van der Waals surface area (Å²) in [5.74, 6) is 6.44. The van der Waals surface area contributed by atoms with Gasteiger partial charge in [-0.05, 0) is 31.4 Å². The molecule has 0 aliphatic heterocycles. The molecule has 0 aromatic heterocycles. The second kappa shape index (κ2) is 8.15. The first kappa shape index (κ1) is 18.3. The summed E-state index contributed by atoms with van der Waals surface area (Å²) in [7, 11) is -2.19. The zero-order chi connectivity index (χ0) is 17.5. The molecule has 0 saturated carbocycles. The van der Waals surface area contributed by atoms with Crippen molar-refractivity contribution in [2.45, 2.75) is 37.6 Å². The fourth-order valence-electron chi connectivity index (χ4n) is 2.82. The van der Waals surface area contributed by atoms with Gasteiger partial charge in [-0.2, -0.15) is 0 Å². The lowest BCUT2D eigenvalue weighted by Crippen LogP contribution is -2.61. The standard InChI is InChI=1S/C22H26OSi/c1-4-5-12-18-22(23,19-17-20-13-8-6-9-14-20)24(2,3)21-15-10-7-11-16-21/h4,6-11,13-16,23H,1,5,12,18H2,2-3H3/t22-/m0/s1. The Balaban J connectivity index is 2.39. The van der Waals surface area contributed by atoms with Crippen molar-refractivity contribution in [3.8, 4) is 11.8 Å². The molecule has 2 aromatic carbocycles. The van der Waals surface area contributed by atoms with Gasteiger partial charge >= 0.3 is 0 Å². The number of unbranched alkanes of at least 4 members (excludes halogenated alkanes) is 1. The summed E-state index contributed by atoms with van der Waals surface area (Å²) in [6, 6.07) is 20.2. The van der Waals surface area contributed by atoms with Crippen molar-refractivity contribution >= 4 is 13.3 Å². The maximum atomic E-state index is 11.5. The minimum atomic E-state index is -2.19. The largest absolute Gasteiger partial charge is 0.381 e. The molecular weight excluding hydrogens is 308 g/mol. The predicted molar refractivity (Wildman–Crippen MR) is 106 cm³/mol. The van der Waals surface area contributed by atoms with Crippen LogP contribution in [0.2, 0.25) is 13.1 Å². The lowest BCUT2D eigenvalue weighted by atomic mass is 10.1. The van der Waals surface area contributed by atoms with Crippen molar-refractivity contribution in [2.24, 2.45) is 0 Å². The third-order valence-corrected chi connectivity index (χ3v) is 8.88. The van der Waals surface area contributed by atoms with Crippen LogP contribution in [-0.4, -0.2) is 18.4 Å². The average molecular weight is 335 g/mol. The highest BCUT2D eigenvalue weighted by Crippen LogP contribution is 2.26. The summed E-state index contributed by atoms with van der Waals surface area (Å²) in [6.45, 7) is 8.20. The molecule has 2 rings (SSSR count). The molecule has 0 aliphatic carbocycles. The first-order chi connectivity index (χ1) is 11.5. The number of benzene rings is 2. The number of rotatable bonds is 6. The van der Waals surface area contributed by atoms with E-state index in [2.05, 4.69) is 43.6 Å². The number of aliphatic hydroxyl groups is 1. The number of hydrogen-bond donors (Lipinski definition) is 1. The zero-order valence-electron chi connectivity index (χ0n) is 14.6. The molecule has 0 amide bonds. The van der Waals surface area contributed by atoms with Crippen molar-refractivity contribution < 1.29 is 5.11 Å². The molecule has 0 saturated heterocycles. The molecule has 0 heterocycles. The molecule has 1 atom stereocenters. The minimum absolute atomic E-state index is 0.674. The van der Waals surface area contributed by atoms with Gasteiger partial charge in [-0.25, -0.2) is 0 Å². The van der Waals surface area contributed by atoms with Gasteiger partial charge in [-0.1, -0.05) is 84.7 Å². The highest BCUT2D eigenvalue weighted by atomic mass is 28.3. The molecule has 2 heteroatoms. The Labute approximate surface area is 147 Å². The summed E-state index contributed by atoms with van der Waals surface area (Å²) >= 11 is 0. The van der Waals surface area contributed by atoms with Gasteiger partial charge < -0.3 is 5.11 Å². The highest BCUT2D eigenvalue weighted by molar-refractivity contribution is 6.92. The lowest BCUT2D eigenvalue weighted by Gasteiger charge is -2.38. The lowest BCUT2D eigenvalue weighted by molar-refractivity contribution is 0.164. The van der Waals surface area contributed by atoms with E-state index in [0.717, 1.165) is 18.4 Å². The molecule has 2 aromatic rings. The van der Waals surface area contributed by atoms with Gasteiger partial charge in [0, 0.05) is 5.56 Å². The van der Waals surface area contributed by atoms with E-state index in [-0.39, 0.29) is 0 Å². The fourth-order valence-corrected chi connectivity index (χ4v) is 5.50. The van der Waals surface area contributed by atoms with E-state index in [1.165, 1.54) is 5.19 Å². The van der Waals surface area contributed by atoms with Crippen molar-refractivity contribution in [2.75, 3.05) is 0 Å². The van der Waals surface area contributed by atoms with Crippen LogP contribution in [0, 0.1) is 11.8 Å². The van der Waals surface area contributed by atoms with Crippen molar-refractivity contribution in [1.82, 2.24) is 0 Å². The van der Waals surface area contributed by atoms with Crippen LogP contribution >= 0.6 is 0 Å². The van der Waals surface area contributed by atoms with Crippen LogP contribution in [0.1, 0.15) is 24.8 Å². The monoisotopic (exact) mass is 334 g/mol. The van der Waals surface area contributed by atoms with Crippen LogP contribution in [-0.2, 0) is 0 Å². The molecule has 1 nitrogen and oxygen atoms in total. The van der Waals surface area contributed by atoms with E-state index in [9.17, 15) is 5.11 Å². The van der Waals surface area contributed by atoms with Crippen LogP contribution in [0.15, 0.2) is 73.3 Å². The number of hydrogen-bond acceptors (Lipinski definition) is 1. The topological polar surface area (TPSA) is 20.2 Å². The van der Waals surface area contributed by atoms with E-state index >= 15 is 0 Å². The van der Waals surface area contributed by atoms with Crippen LogP contribution in [0.5, 0.6) is 0 Å². The van der Waals surface area contributed by atoms with Crippen LogP contribution in [0.25, 0.3) is 0 Å². The first-order valence-corrected chi connectivity index (χ1v) is 11.5. The number of allylic oxidation sites excluding steroid dienone is 1. The van der Waals surface area contributed by atoms with Gasteiger partial charge in [0.1, 0.15) is 13.3 Å². The van der Waals surface area contributed by atoms with Gasteiger partial charge in [0.25, 0.3) is 0 Å². The molecule has 0 fully saturated rings. The van der Waals surface area contributed by atoms with Crippen molar-refractivity contribution in [3.63, 3.8) is 0 Å².